The minimum Gasteiger partial charge on any atom is -0.357 e. The Kier molecular flexibility index (Phi) is 7.36. The third-order valence-electron chi connectivity index (χ3n) is 4.50. The molecule has 2 N–H and O–H groups in total. The molecule has 0 aliphatic carbocycles. The highest BCUT2D eigenvalue weighted by Crippen LogP contribution is 2.36. The molecular weight excluding hydrogens is 503 g/mol. The van der Waals surface area contributed by atoms with Gasteiger partial charge >= 0.3 is 0 Å². The quantitative estimate of drug-likeness (QED) is 0.361. The molecular formula is C16H24BrIN4OS. The van der Waals surface area contributed by atoms with E-state index < -0.39 is 0 Å². The number of nitrogens with one attached hydrogen (secondary N) is 2. The molecule has 3 heterocycles. The highest BCUT2D eigenvalue weighted by molar-refractivity contribution is 14.0. The largest absolute Gasteiger partial charge is 0.357 e. The Labute approximate surface area is 172 Å². The summed E-state index contributed by atoms with van der Waals surface area (Å²) in [6, 6.07) is 2.12. The van der Waals surface area contributed by atoms with Crippen molar-refractivity contribution in [1.29, 1.82) is 0 Å². The zero-order valence-electron chi connectivity index (χ0n) is 13.8. The third kappa shape index (κ3) is 4.85. The standard InChI is InChI=1S/C16H23BrN4OS.HI/c1-2-18-15(19-8-13-6-12(17)9-23-13)21-5-3-4-16(11-21)7-14(22)20-10-16;/h6,9H,2-5,7-8,10-11H2,1H3,(H,18,19)(H,20,22);1H. The van der Waals surface area contributed by atoms with E-state index in [0.717, 1.165) is 49.5 Å². The number of carbonyl (C=O) groups excluding carboxylic acids is 1. The molecule has 1 amide bonds. The summed E-state index contributed by atoms with van der Waals surface area (Å²) < 4.78 is 1.12. The number of rotatable bonds is 3. The second-order valence-corrected chi connectivity index (χ2v) is 8.29. The Morgan fingerprint density at radius 1 is 1.58 bits per heavy atom. The molecule has 5 nitrogen and oxygen atoms in total. The molecule has 3 rings (SSSR count). The smallest absolute Gasteiger partial charge is 0.220 e. The van der Waals surface area contributed by atoms with E-state index in [-0.39, 0.29) is 35.3 Å². The lowest BCUT2D eigenvalue weighted by molar-refractivity contribution is -0.119. The van der Waals surface area contributed by atoms with Gasteiger partial charge in [-0.05, 0) is 41.8 Å². The summed E-state index contributed by atoms with van der Waals surface area (Å²) in [6.07, 6.45) is 2.89. The number of thiophene rings is 1. The summed E-state index contributed by atoms with van der Waals surface area (Å²) in [7, 11) is 0. The SMILES string of the molecule is CCNC(=NCc1cc(Br)cs1)N1CCCC2(CNC(=O)C2)C1.I. The highest BCUT2D eigenvalue weighted by atomic mass is 127. The molecule has 2 aliphatic heterocycles. The summed E-state index contributed by atoms with van der Waals surface area (Å²) in [6.45, 7) is 6.37. The van der Waals surface area contributed by atoms with Crippen molar-refractivity contribution in [2.75, 3.05) is 26.2 Å². The van der Waals surface area contributed by atoms with Gasteiger partial charge in [0.15, 0.2) is 5.96 Å². The fourth-order valence-electron chi connectivity index (χ4n) is 3.44. The number of halogens is 2. The van der Waals surface area contributed by atoms with Crippen LogP contribution in [-0.2, 0) is 11.3 Å². The molecule has 1 spiro atoms. The fraction of sp³-hybridized carbons (Fsp3) is 0.625. The molecule has 0 saturated carbocycles. The summed E-state index contributed by atoms with van der Waals surface area (Å²) in [5, 5.41) is 8.50. The van der Waals surface area contributed by atoms with Crippen LogP contribution in [0.5, 0.6) is 0 Å². The van der Waals surface area contributed by atoms with Gasteiger partial charge in [-0.25, -0.2) is 4.99 Å². The maximum absolute atomic E-state index is 11.7. The molecule has 134 valence electrons. The monoisotopic (exact) mass is 526 g/mol. The third-order valence-corrected chi connectivity index (χ3v) is 6.18. The summed E-state index contributed by atoms with van der Waals surface area (Å²) in [5.74, 6) is 1.16. The molecule has 2 aliphatic rings. The first-order valence-electron chi connectivity index (χ1n) is 8.13. The van der Waals surface area contributed by atoms with E-state index in [1.807, 2.05) is 0 Å². The van der Waals surface area contributed by atoms with Crippen molar-refractivity contribution < 1.29 is 4.79 Å². The minimum atomic E-state index is 0. The van der Waals surface area contributed by atoms with E-state index in [0.29, 0.717) is 13.0 Å². The first kappa shape index (κ1) is 20.0. The molecule has 2 saturated heterocycles. The number of amides is 1. The number of likely N-dealkylation sites (tertiary alicyclic amines) is 1. The molecule has 2 fully saturated rings. The minimum absolute atomic E-state index is 0. The highest BCUT2D eigenvalue weighted by Gasteiger charge is 2.42. The van der Waals surface area contributed by atoms with Gasteiger partial charge in [0, 0.05) is 52.7 Å². The number of hydrogen-bond acceptors (Lipinski definition) is 3. The van der Waals surface area contributed by atoms with Crippen LogP contribution in [-0.4, -0.2) is 42.9 Å². The molecule has 1 aromatic rings. The van der Waals surface area contributed by atoms with Gasteiger partial charge in [0.25, 0.3) is 0 Å². The predicted octanol–water partition coefficient (Wildman–Crippen LogP) is 3.20. The zero-order valence-corrected chi connectivity index (χ0v) is 18.5. The Hall–Kier alpha value is -0.350. The topological polar surface area (TPSA) is 56.7 Å². The Morgan fingerprint density at radius 2 is 2.42 bits per heavy atom. The summed E-state index contributed by atoms with van der Waals surface area (Å²) in [5.41, 5.74) is 0.0947. The first-order chi connectivity index (χ1) is 11.1. The van der Waals surface area contributed by atoms with E-state index in [9.17, 15) is 4.79 Å². The van der Waals surface area contributed by atoms with Gasteiger partial charge in [0.05, 0.1) is 6.54 Å². The number of carbonyl (C=O) groups is 1. The van der Waals surface area contributed by atoms with Gasteiger partial charge in [0.2, 0.25) is 5.91 Å². The number of hydrogen-bond donors (Lipinski definition) is 2. The van der Waals surface area contributed by atoms with Crippen LogP contribution in [0.1, 0.15) is 31.1 Å². The van der Waals surface area contributed by atoms with Crippen LogP contribution >= 0.6 is 51.2 Å². The predicted molar refractivity (Wildman–Crippen MR) is 113 cm³/mol. The van der Waals surface area contributed by atoms with Gasteiger partial charge in [-0.2, -0.15) is 0 Å². The molecule has 1 unspecified atom stereocenters. The van der Waals surface area contributed by atoms with E-state index in [1.165, 1.54) is 4.88 Å². The van der Waals surface area contributed by atoms with Gasteiger partial charge in [0.1, 0.15) is 0 Å². The molecule has 0 aromatic carbocycles. The zero-order chi connectivity index (χ0) is 16.3. The Balaban J connectivity index is 0.00000208. The Morgan fingerprint density at radius 3 is 3.04 bits per heavy atom. The van der Waals surface area contributed by atoms with E-state index in [2.05, 4.69) is 49.8 Å². The van der Waals surface area contributed by atoms with E-state index >= 15 is 0 Å². The van der Waals surface area contributed by atoms with Gasteiger partial charge in [-0.15, -0.1) is 35.3 Å². The fourth-order valence-corrected chi connectivity index (χ4v) is 4.82. The van der Waals surface area contributed by atoms with Crippen molar-refractivity contribution in [2.24, 2.45) is 10.4 Å². The molecule has 1 aromatic heterocycles. The lowest BCUT2D eigenvalue weighted by Gasteiger charge is -2.40. The van der Waals surface area contributed by atoms with Crippen LogP contribution in [0, 0.1) is 5.41 Å². The van der Waals surface area contributed by atoms with Crippen LogP contribution in [0.15, 0.2) is 20.9 Å². The summed E-state index contributed by atoms with van der Waals surface area (Å²) in [4.78, 5) is 20.0. The van der Waals surface area contributed by atoms with Crippen molar-refractivity contribution in [3.05, 3.63) is 20.8 Å². The number of guanidine groups is 1. The number of nitrogens with zero attached hydrogens (tertiary/aromatic N) is 2. The van der Waals surface area contributed by atoms with Crippen LogP contribution in [0.4, 0.5) is 0 Å². The molecule has 8 heteroatoms. The van der Waals surface area contributed by atoms with E-state index in [4.69, 9.17) is 4.99 Å². The van der Waals surface area contributed by atoms with Crippen LogP contribution in [0.25, 0.3) is 0 Å². The van der Waals surface area contributed by atoms with Gasteiger partial charge in [-0.3, -0.25) is 4.79 Å². The van der Waals surface area contributed by atoms with Gasteiger partial charge < -0.3 is 15.5 Å². The van der Waals surface area contributed by atoms with Crippen molar-refractivity contribution >= 4 is 63.1 Å². The second-order valence-electron chi connectivity index (χ2n) is 6.38. The normalized spacial score (nSPS) is 24.0. The van der Waals surface area contributed by atoms with Gasteiger partial charge in [-0.1, -0.05) is 0 Å². The maximum Gasteiger partial charge on any atom is 0.220 e. The van der Waals surface area contributed by atoms with Crippen molar-refractivity contribution in [1.82, 2.24) is 15.5 Å². The second kappa shape index (κ2) is 8.84. The molecule has 0 radical (unpaired) electrons. The van der Waals surface area contributed by atoms with Crippen molar-refractivity contribution in [3.8, 4) is 0 Å². The average Bonchev–Trinajstić information content (AvgIpc) is 3.10. The Bertz CT molecular complexity index is 609. The lowest BCUT2D eigenvalue weighted by Crippen LogP contribution is -2.51. The molecule has 1 atom stereocenters. The van der Waals surface area contributed by atoms with E-state index in [1.54, 1.807) is 11.3 Å². The first-order valence-corrected chi connectivity index (χ1v) is 9.80. The molecule has 0 bridgehead atoms. The lowest BCUT2D eigenvalue weighted by atomic mass is 9.79. The van der Waals surface area contributed by atoms with Crippen molar-refractivity contribution in [2.45, 2.75) is 32.7 Å². The van der Waals surface area contributed by atoms with Crippen molar-refractivity contribution in [3.63, 3.8) is 0 Å². The van der Waals surface area contributed by atoms with Crippen LogP contribution in [0.2, 0.25) is 0 Å². The molecule has 24 heavy (non-hydrogen) atoms. The average molecular weight is 527 g/mol. The number of piperidine rings is 1. The van der Waals surface area contributed by atoms with Crippen LogP contribution < -0.4 is 10.6 Å². The van der Waals surface area contributed by atoms with Crippen LogP contribution in [0.3, 0.4) is 0 Å². The maximum atomic E-state index is 11.7. The number of aliphatic imine (C=N–C) groups is 1. The summed E-state index contributed by atoms with van der Waals surface area (Å²) >= 11 is 5.21.